The third-order valence-corrected chi connectivity index (χ3v) is 3.72. The van der Waals surface area contributed by atoms with Crippen LogP contribution < -0.4 is 15.4 Å². The van der Waals surface area contributed by atoms with Crippen LogP contribution in [-0.4, -0.2) is 39.2 Å². The van der Waals surface area contributed by atoms with Gasteiger partial charge in [-0.15, -0.1) is 24.0 Å². The van der Waals surface area contributed by atoms with Gasteiger partial charge in [0, 0.05) is 19.6 Å². The molecule has 6 nitrogen and oxygen atoms in total. The molecule has 0 aliphatic carbocycles. The zero-order chi connectivity index (χ0) is 17.4. The van der Waals surface area contributed by atoms with Crippen molar-refractivity contribution in [2.75, 3.05) is 21.3 Å². The second-order valence-corrected chi connectivity index (χ2v) is 5.63. The Morgan fingerprint density at radius 3 is 2.42 bits per heavy atom. The maximum atomic E-state index is 11.8. The average molecular weight is 449 g/mol. The van der Waals surface area contributed by atoms with E-state index in [0.717, 1.165) is 11.5 Å². The fourth-order valence-corrected chi connectivity index (χ4v) is 1.90. The molecule has 0 heterocycles. The van der Waals surface area contributed by atoms with E-state index in [1.807, 2.05) is 6.07 Å². The smallest absolute Gasteiger partial charge is 0.341 e. The molecule has 0 radical (unpaired) electrons. The fraction of sp³-hybridized carbons (Fsp3) is 0.529. The van der Waals surface area contributed by atoms with E-state index in [2.05, 4.69) is 36.4 Å². The number of carbonyl (C=O) groups excluding carboxylic acids is 1. The van der Waals surface area contributed by atoms with Gasteiger partial charge in [0.1, 0.15) is 11.3 Å². The number of rotatable bonds is 6. The fourth-order valence-electron chi connectivity index (χ4n) is 1.90. The van der Waals surface area contributed by atoms with Gasteiger partial charge in [-0.1, -0.05) is 19.9 Å². The lowest BCUT2D eigenvalue weighted by molar-refractivity contribution is 0.0597. The summed E-state index contributed by atoms with van der Waals surface area (Å²) in [6.07, 6.45) is 0. The van der Waals surface area contributed by atoms with Crippen LogP contribution >= 0.6 is 24.0 Å². The van der Waals surface area contributed by atoms with Crippen LogP contribution in [-0.2, 0) is 11.3 Å². The summed E-state index contributed by atoms with van der Waals surface area (Å²) in [4.78, 5) is 16.0. The maximum absolute atomic E-state index is 11.8. The van der Waals surface area contributed by atoms with Gasteiger partial charge in [-0.05, 0) is 30.5 Å². The number of hydrogen-bond acceptors (Lipinski definition) is 4. The molecular weight excluding hydrogens is 421 g/mol. The molecule has 0 saturated heterocycles. The van der Waals surface area contributed by atoms with Crippen LogP contribution in [0.3, 0.4) is 0 Å². The molecule has 0 spiro atoms. The molecule has 0 amide bonds. The Bertz CT molecular complexity index is 562. The lowest BCUT2D eigenvalue weighted by Crippen LogP contribution is -2.43. The molecule has 136 valence electrons. The van der Waals surface area contributed by atoms with Crippen molar-refractivity contribution in [3.05, 3.63) is 29.3 Å². The van der Waals surface area contributed by atoms with Crippen LogP contribution in [0.4, 0.5) is 0 Å². The van der Waals surface area contributed by atoms with E-state index in [1.54, 1.807) is 19.2 Å². The molecule has 1 aromatic carbocycles. The monoisotopic (exact) mass is 449 g/mol. The van der Waals surface area contributed by atoms with Crippen LogP contribution in [0, 0.1) is 5.92 Å². The number of methoxy groups -OCH3 is 2. The predicted octanol–water partition coefficient (Wildman–Crippen LogP) is 2.81. The molecule has 24 heavy (non-hydrogen) atoms. The summed E-state index contributed by atoms with van der Waals surface area (Å²) in [5.41, 5.74) is 1.35. The number of nitrogens with one attached hydrogen (secondary N) is 2. The molecule has 0 saturated carbocycles. The molecule has 1 aromatic rings. The van der Waals surface area contributed by atoms with Crippen molar-refractivity contribution in [1.82, 2.24) is 10.6 Å². The van der Waals surface area contributed by atoms with E-state index in [0.29, 0.717) is 29.8 Å². The molecular formula is C17H28IN3O3. The minimum absolute atomic E-state index is 0. The normalized spacial score (nSPS) is 12.2. The standard InChI is InChI=1S/C17H27N3O3.HI/c1-11(2)12(3)20-17(18-4)19-10-13-7-8-15(22-5)14(9-13)16(21)23-6;/h7-9,11-12H,10H2,1-6H3,(H2,18,19,20);1H. The molecule has 0 aliphatic rings. The lowest BCUT2D eigenvalue weighted by Gasteiger charge is -2.21. The maximum Gasteiger partial charge on any atom is 0.341 e. The van der Waals surface area contributed by atoms with Crippen molar-refractivity contribution in [1.29, 1.82) is 0 Å². The number of carbonyl (C=O) groups is 1. The van der Waals surface area contributed by atoms with Crippen molar-refractivity contribution in [3.63, 3.8) is 0 Å². The zero-order valence-electron chi connectivity index (χ0n) is 15.2. The number of halogens is 1. The summed E-state index contributed by atoms with van der Waals surface area (Å²) in [7, 11) is 4.61. The molecule has 0 fully saturated rings. The molecule has 0 aromatic heterocycles. The Labute approximate surface area is 161 Å². The number of benzene rings is 1. The average Bonchev–Trinajstić information content (AvgIpc) is 2.57. The number of hydrogen-bond donors (Lipinski definition) is 2. The van der Waals surface area contributed by atoms with Crippen molar-refractivity contribution in [2.45, 2.75) is 33.4 Å². The second kappa shape index (κ2) is 11.1. The summed E-state index contributed by atoms with van der Waals surface area (Å²) < 4.78 is 9.98. The van der Waals surface area contributed by atoms with Crippen molar-refractivity contribution in [3.8, 4) is 5.75 Å². The summed E-state index contributed by atoms with van der Waals surface area (Å²) in [5.74, 6) is 1.30. The number of aliphatic imine (C=N–C) groups is 1. The molecule has 1 atom stereocenters. The third-order valence-electron chi connectivity index (χ3n) is 3.72. The quantitative estimate of drug-likeness (QED) is 0.303. The zero-order valence-corrected chi connectivity index (χ0v) is 17.5. The van der Waals surface area contributed by atoms with Crippen LogP contribution in [0.5, 0.6) is 5.75 Å². The first kappa shape index (κ1) is 22.5. The minimum atomic E-state index is -0.417. The third kappa shape index (κ3) is 6.54. The van der Waals surface area contributed by atoms with E-state index >= 15 is 0 Å². The highest BCUT2D eigenvalue weighted by Gasteiger charge is 2.14. The Morgan fingerprint density at radius 1 is 1.25 bits per heavy atom. The SMILES string of the molecule is CN=C(NCc1ccc(OC)c(C(=O)OC)c1)NC(C)C(C)C.I. The van der Waals surface area contributed by atoms with Gasteiger partial charge in [0.25, 0.3) is 0 Å². The number of esters is 1. The highest BCUT2D eigenvalue weighted by Crippen LogP contribution is 2.20. The van der Waals surface area contributed by atoms with Crippen LogP contribution in [0.2, 0.25) is 0 Å². The van der Waals surface area contributed by atoms with Gasteiger partial charge >= 0.3 is 5.97 Å². The van der Waals surface area contributed by atoms with E-state index < -0.39 is 5.97 Å². The highest BCUT2D eigenvalue weighted by atomic mass is 127. The van der Waals surface area contributed by atoms with Gasteiger partial charge in [0.2, 0.25) is 0 Å². The summed E-state index contributed by atoms with van der Waals surface area (Å²) in [6.45, 7) is 6.95. The van der Waals surface area contributed by atoms with Crippen LogP contribution in [0.15, 0.2) is 23.2 Å². The Kier molecular flexibility index (Phi) is 10.4. The van der Waals surface area contributed by atoms with Gasteiger partial charge in [-0.2, -0.15) is 0 Å². The van der Waals surface area contributed by atoms with E-state index in [4.69, 9.17) is 9.47 Å². The molecule has 7 heteroatoms. The predicted molar refractivity (Wildman–Crippen MR) is 107 cm³/mol. The molecule has 2 N–H and O–H groups in total. The summed E-state index contributed by atoms with van der Waals surface area (Å²) >= 11 is 0. The number of nitrogens with zero attached hydrogens (tertiary/aromatic N) is 1. The topological polar surface area (TPSA) is 72.0 Å². The number of guanidine groups is 1. The van der Waals surface area contributed by atoms with Gasteiger partial charge in [-0.3, -0.25) is 4.99 Å². The molecule has 0 bridgehead atoms. The van der Waals surface area contributed by atoms with Crippen molar-refractivity contribution in [2.24, 2.45) is 10.9 Å². The Morgan fingerprint density at radius 2 is 1.92 bits per heavy atom. The molecule has 1 unspecified atom stereocenters. The van der Waals surface area contributed by atoms with Gasteiger partial charge in [-0.25, -0.2) is 4.79 Å². The van der Waals surface area contributed by atoms with E-state index in [9.17, 15) is 4.79 Å². The summed E-state index contributed by atoms with van der Waals surface area (Å²) in [6, 6.07) is 5.73. The minimum Gasteiger partial charge on any atom is -0.496 e. The molecule has 1 rings (SSSR count). The Hall–Kier alpha value is -1.51. The lowest BCUT2D eigenvalue weighted by atomic mass is 10.1. The summed E-state index contributed by atoms with van der Waals surface area (Å²) in [5, 5.41) is 6.57. The van der Waals surface area contributed by atoms with Crippen LogP contribution in [0.25, 0.3) is 0 Å². The van der Waals surface area contributed by atoms with Gasteiger partial charge in [0.05, 0.1) is 14.2 Å². The van der Waals surface area contributed by atoms with Gasteiger partial charge < -0.3 is 20.1 Å². The van der Waals surface area contributed by atoms with E-state index in [1.165, 1.54) is 14.2 Å². The van der Waals surface area contributed by atoms with Crippen LogP contribution in [0.1, 0.15) is 36.7 Å². The highest BCUT2D eigenvalue weighted by molar-refractivity contribution is 14.0. The first-order valence-electron chi connectivity index (χ1n) is 7.65. The second-order valence-electron chi connectivity index (χ2n) is 5.63. The Balaban J connectivity index is 0.00000529. The first-order chi connectivity index (χ1) is 10.9. The number of ether oxygens (including phenoxy) is 2. The van der Waals surface area contributed by atoms with Gasteiger partial charge in [0.15, 0.2) is 5.96 Å². The van der Waals surface area contributed by atoms with Crippen molar-refractivity contribution >= 4 is 35.9 Å². The molecule has 0 aliphatic heterocycles. The largest absolute Gasteiger partial charge is 0.496 e. The van der Waals surface area contributed by atoms with Crippen molar-refractivity contribution < 1.29 is 14.3 Å². The first-order valence-corrected chi connectivity index (χ1v) is 7.65. The van der Waals surface area contributed by atoms with E-state index in [-0.39, 0.29) is 24.0 Å².